The summed E-state index contributed by atoms with van der Waals surface area (Å²) in [5.74, 6) is 0.206. The van der Waals surface area contributed by atoms with E-state index < -0.39 is 16.1 Å². The lowest BCUT2D eigenvalue weighted by Gasteiger charge is -2.17. The zero-order chi connectivity index (χ0) is 19.2. The molecule has 0 saturated carbocycles. The predicted octanol–water partition coefficient (Wildman–Crippen LogP) is 2.38. The molecule has 0 aliphatic carbocycles. The van der Waals surface area contributed by atoms with Crippen molar-refractivity contribution in [3.05, 3.63) is 59.7 Å². The van der Waals surface area contributed by atoms with Gasteiger partial charge < -0.3 is 10.1 Å². The standard InChI is InChI=1S/C19H24N2O4S/c1-4-18(19(22)20-13-15-7-5-14(2)6-8-15)21-26(23,24)17-11-9-16(25-3)10-12-17/h5-12,18,21H,4,13H2,1-3H3,(H,20,22)/t18-/m0/s1. The van der Waals surface area contributed by atoms with Gasteiger partial charge in [0.05, 0.1) is 12.0 Å². The van der Waals surface area contributed by atoms with Gasteiger partial charge in [0.15, 0.2) is 0 Å². The van der Waals surface area contributed by atoms with E-state index >= 15 is 0 Å². The summed E-state index contributed by atoms with van der Waals surface area (Å²) >= 11 is 0. The monoisotopic (exact) mass is 376 g/mol. The first kappa shape index (κ1) is 19.9. The molecule has 2 rings (SSSR count). The van der Waals surface area contributed by atoms with E-state index in [4.69, 9.17) is 4.74 Å². The number of carbonyl (C=O) groups is 1. The van der Waals surface area contributed by atoms with E-state index in [0.717, 1.165) is 11.1 Å². The minimum absolute atomic E-state index is 0.0862. The summed E-state index contributed by atoms with van der Waals surface area (Å²) in [5, 5.41) is 2.78. The Morgan fingerprint density at radius 3 is 2.23 bits per heavy atom. The number of carbonyl (C=O) groups excluding carboxylic acids is 1. The van der Waals surface area contributed by atoms with Crippen LogP contribution < -0.4 is 14.8 Å². The van der Waals surface area contributed by atoms with Crippen molar-refractivity contribution in [2.75, 3.05) is 7.11 Å². The fourth-order valence-electron chi connectivity index (χ4n) is 2.35. The molecule has 0 aliphatic rings. The normalized spacial score (nSPS) is 12.4. The fourth-order valence-corrected chi connectivity index (χ4v) is 3.63. The van der Waals surface area contributed by atoms with Crippen LogP contribution >= 0.6 is 0 Å². The highest BCUT2D eigenvalue weighted by Gasteiger charge is 2.24. The number of benzene rings is 2. The summed E-state index contributed by atoms with van der Waals surface area (Å²) in [6.45, 7) is 4.09. The van der Waals surface area contributed by atoms with Crippen LogP contribution in [0.5, 0.6) is 5.75 Å². The minimum atomic E-state index is -3.80. The fraction of sp³-hybridized carbons (Fsp3) is 0.316. The van der Waals surface area contributed by atoms with Crippen LogP contribution in [0.2, 0.25) is 0 Å². The molecule has 6 nitrogen and oxygen atoms in total. The van der Waals surface area contributed by atoms with Crippen LogP contribution in [0, 0.1) is 6.92 Å². The van der Waals surface area contributed by atoms with Crippen molar-refractivity contribution in [3.63, 3.8) is 0 Å². The first-order valence-electron chi connectivity index (χ1n) is 8.35. The van der Waals surface area contributed by atoms with Crippen LogP contribution in [0.25, 0.3) is 0 Å². The van der Waals surface area contributed by atoms with Crippen LogP contribution in [-0.2, 0) is 21.4 Å². The summed E-state index contributed by atoms with van der Waals surface area (Å²) in [5.41, 5.74) is 2.09. The van der Waals surface area contributed by atoms with Gasteiger partial charge in [-0.3, -0.25) is 4.79 Å². The van der Waals surface area contributed by atoms with Crippen molar-refractivity contribution in [2.24, 2.45) is 0 Å². The van der Waals surface area contributed by atoms with Crippen LogP contribution in [0.1, 0.15) is 24.5 Å². The Balaban J connectivity index is 2.01. The Morgan fingerprint density at radius 1 is 1.08 bits per heavy atom. The molecule has 0 aliphatic heterocycles. The summed E-state index contributed by atoms with van der Waals surface area (Å²) in [7, 11) is -2.29. The highest BCUT2D eigenvalue weighted by Crippen LogP contribution is 2.16. The zero-order valence-electron chi connectivity index (χ0n) is 15.2. The molecule has 2 N–H and O–H groups in total. The Hall–Kier alpha value is -2.38. The number of methoxy groups -OCH3 is 1. The third-order valence-corrected chi connectivity index (χ3v) is 5.47. The van der Waals surface area contributed by atoms with Gasteiger partial charge in [-0.25, -0.2) is 8.42 Å². The second-order valence-electron chi connectivity index (χ2n) is 5.96. The summed E-state index contributed by atoms with van der Waals surface area (Å²) < 4.78 is 32.5. The molecule has 0 bridgehead atoms. The van der Waals surface area contributed by atoms with Gasteiger partial charge in [-0.1, -0.05) is 36.8 Å². The third-order valence-electron chi connectivity index (χ3n) is 3.98. The number of sulfonamides is 1. The first-order valence-corrected chi connectivity index (χ1v) is 9.83. The first-order chi connectivity index (χ1) is 12.4. The van der Waals surface area contributed by atoms with Crippen molar-refractivity contribution < 1.29 is 17.9 Å². The SMILES string of the molecule is CC[C@H](NS(=O)(=O)c1ccc(OC)cc1)C(=O)NCc1ccc(C)cc1. The van der Waals surface area contributed by atoms with E-state index in [1.165, 1.54) is 19.2 Å². The lowest BCUT2D eigenvalue weighted by atomic mass is 10.1. The van der Waals surface area contributed by atoms with E-state index in [-0.39, 0.29) is 10.8 Å². The zero-order valence-corrected chi connectivity index (χ0v) is 16.0. The lowest BCUT2D eigenvalue weighted by Crippen LogP contribution is -2.46. The molecular weight excluding hydrogens is 352 g/mol. The number of hydrogen-bond acceptors (Lipinski definition) is 4. The van der Waals surface area contributed by atoms with E-state index in [1.54, 1.807) is 19.1 Å². The number of amides is 1. The molecule has 7 heteroatoms. The number of ether oxygens (including phenoxy) is 1. The molecule has 26 heavy (non-hydrogen) atoms. The average molecular weight is 376 g/mol. The number of aryl methyl sites for hydroxylation is 1. The summed E-state index contributed by atoms with van der Waals surface area (Å²) in [6, 6.07) is 13.0. The van der Waals surface area contributed by atoms with Crippen LogP contribution in [-0.4, -0.2) is 27.5 Å². The Kier molecular flexibility index (Phi) is 6.76. The molecule has 140 valence electrons. The van der Waals surface area contributed by atoms with Crippen molar-refractivity contribution >= 4 is 15.9 Å². The Bertz CT molecular complexity index is 831. The molecule has 2 aromatic carbocycles. The molecular formula is C19H24N2O4S. The number of rotatable bonds is 8. The van der Waals surface area contributed by atoms with Crippen LogP contribution in [0.15, 0.2) is 53.4 Å². The molecule has 1 atom stereocenters. The van der Waals surface area contributed by atoms with Crippen molar-refractivity contribution in [2.45, 2.75) is 37.8 Å². The molecule has 0 heterocycles. The number of nitrogens with one attached hydrogen (secondary N) is 2. The average Bonchev–Trinajstić information content (AvgIpc) is 2.65. The smallest absolute Gasteiger partial charge is 0.241 e. The second kappa shape index (κ2) is 8.82. The van der Waals surface area contributed by atoms with Crippen LogP contribution in [0.3, 0.4) is 0 Å². The molecule has 2 aromatic rings. The Labute approximate surface area is 154 Å². The molecule has 0 radical (unpaired) electrons. The lowest BCUT2D eigenvalue weighted by molar-refractivity contribution is -0.122. The second-order valence-corrected chi connectivity index (χ2v) is 7.68. The molecule has 0 spiro atoms. The maximum Gasteiger partial charge on any atom is 0.241 e. The Morgan fingerprint density at radius 2 is 1.69 bits per heavy atom. The highest BCUT2D eigenvalue weighted by molar-refractivity contribution is 7.89. The van der Waals surface area contributed by atoms with Crippen LogP contribution in [0.4, 0.5) is 0 Å². The van der Waals surface area contributed by atoms with E-state index in [9.17, 15) is 13.2 Å². The number of hydrogen-bond donors (Lipinski definition) is 2. The molecule has 0 unspecified atom stereocenters. The van der Waals surface area contributed by atoms with Gasteiger partial charge in [0.2, 0.25) is 15.9 Å². The van der Waals surface area contributed by atoms with Gasteiger partial charge in [0.1, 0.15) is 11.8 Å². The van der Waals surface area contributed by atoms with Crippen molar-refractivity contribution in [1.82, 2.24) is 10.0 Å². The van der Waals surface area contributed by atoms with Gasteiger partial charge in [-0.15, -0.1) is 0 Å². The van der Waals surface area contributed by atoms with Gasteiger partial charge in [-0.2, -0.15) is 4.72 Å². The quantitative estimate of drug-likeness (QED) is 0.741. The van der Waals surface area contributed by atoms with Crippen molar-refractivity contribution in [3.8, 4) is 5.75 Å². The minimum Gasteiger partial charge on any atom is -0.497 e. The molecule has 0 aromatic heterocycles. The van der Waals surface area contributed by atoms with E-state index in [1.807, 2.05) is 31.2 Å². The van der Waals surface area contributed by atoms with Crippen molar-refractivity contribution in [1.29, 1.82) is 0 Å². The predicted molar refractivity (Wildman–Crippen MR) is 100 cm³/mol. The summed E-state index contributed by atoms with van der Waals surface area (Å²) in [4.78, 5) is 12.5. The maximum absolute atomic E-state index is 12.5. The topological polar surface area (TPSA) is 84.5 Å². The van der Waals surface area contributed by atoms with Gasteiger partial charge in [0.25, 0.3) is 0 Å². The molecule has 1 amide bonds. The van der Waals surface area contributed by atoms with Gasteiger partial charge >= 0.3 is 0 Å². The largest absolute Gasteiger partial charge is 0.497 e. The maximum atomic E-state index is 12.5. The van der Waals surface area contributed by atoms with E-state index in [2.05, 4.69) is 10.0 Å². The highest BCUT2D eigenvalue weighted by atomic mass is 32.2. The third kappa shape index (κ3) is 5.31. The van der Waals surface area contributed by atoms with Gasteiger partial charge in [0, 0.05) is 6.54 Å². The summed E-state index contributed by atoms with van der Waals surface area (Å²) in [6.07, 6.45) is 0.342. The van der Waals surface area contributed by atoms with Gasteiger partial charge in [-0.05, 0) is 43.2 Å². The van der Waals surface area contributed by atoms with E-state index in [0.29, 0.717) is 18.7 Å². The molecule has 0 fully saturated rings. The molecule has 0 saturated heterocycles.